The predicted molar refractivity (Wildman–Crippen MR) is 56.9 cm³/mol. The monoisotopic (exact) mass is 256 g/mol. The first-order valence-corrected chi connectivity index (χ1v) is 4.63. The van der Waals surface area contributed by atoms with E-state index in [4.69, 9.17) is 22.6 Å². The van der Waals surface area contributed by atoms with E-state index >= 15 is 0 Å². The molecule has 1 aromatic rings. The van der Waals surface area contributed by atoms with Gasteiger partial charge in [0.05, 0.1) is 16.8 Å². The lowest BCUT2D eigenvalue weighted by atomic mass is 10.1. The summed E-state index contributed by atoms with van der Waals surface area (Å²) in [7, 11) is 0. The minimum absolute atomic E-state index is 0.375. The summed E-state index contributed by atoms with van der Waals surface area (Å²) >= 11 is 9.17. The van der Waals surface area contributed by atoms with Gasteiger partial charge in [0.15, 0.2) is 0 Å². The van der Waals surface area contributed by atoms with E-state index in [2.05, 4.69) is 15.9 Å². The van der Waals surface area contributed by atoms with Crippen LogP contribution in [0, 0.1) is 11.3 Å². The Morgan fingerprint density at radius 1 is 1.62 bits per heavy atom. The van der Waals surface area contributed by atoms with Crippen LogP contribution in [-0.2, 0) is 0 Å². The SMILES string of the molecule is N#C/C=C(/N)c1ccc(Br)cc1Cl. The third kappa shape index (κ3) is 2.48. The first-order chi connectivity index (χ1) is 6.15. The molecule has 2 nitrogen and oxygen atoms in total. The van der Waals surface area contributed by atoms with E-state index in [0.29, 0.717) is 16.3 Å². The van der Waals surface area contributed by atoms with E-state index in [1.165, 1.54) is 6.08 Å². The molecular weight excluding hydrogens is 251 g/mol. The molecule has 0 atom stereocenters. The highest BCUT2D eigenvalue weighted by atomic mass is 79.9. The molecule has 0 saturated carbocycles. The van der Waals surface area contributed by atoms with Crippen LogP contribution in [0.25, 0.3) is 5.70 Å². The molecule has 0 saturated heterocycles. The summed E-state index contributed by atoms with van der Waals surface area (Å²) in [5, 5.41) is 8.91. The molecule has 1 aromatic carbocycles. The van der Waals surface area contributed by atoms with Gasteiger partial charge in [0, 0.05) is 16.1 Å². The van der Waals surface area contributed by atoms with Gasteiger partial charge >= 0.3 is 0 Å². The third-order valence-corrected chi connectivity index (χ3v) is 2.27. The van der Waals surface area contributed by atoms with Crippen molar-refractivity contribution in [2.45, 2.75) is 0 Å². The standard InChI is InChI=1S/C9H6BrClN2/c10-6-1-2-7(8(11)5-6)9(13)3-4-12/h1-3,5H,13H2/b9-3+. The third-order valence-electron chi connectivity index (χ3n) is 1.46. The maximum Gasteiger partial charge on any atom is 0.0933 e. The molecule has 0 aromatic heterocycles. The Morgan fingerprint density at radius 3 is 2.85 bits per heavy atom. The molecule has 0 spiro atoms. The van der Waals surface area contributed by atoms with Gasteiger partial charge < -0.3 is 5.73 Å². The zero-order valence-corrected chi connectivity index (χ0v) is 8.93. The zero-order valence-electron chi connectivity index (χ0n) is 6.59. The van der Waals surface area contributed by atoms with Crippen molar-refractivity contribution >= 4 is 33.2 Å². The molecule has 0 unspecified atom stereocenters. The number of hydrogen-bond acceptors (Lipinski definition) is 2. The van der Waals surface area contributed by atoms with Crippen molar-refractivity contribution in [3.63, 3.8) is 0 Å². The van der Waals surface area contributed by atoms with Crippen molar-refractivity contribution in [2.75, 3.05) is 0 Å². The van der Waals surface area contributed by atoms with E-state index in [1.54, 1.807) is 12.1 Å². The van der Waals surface area contributed by atoms with Crippen LogP contribution in [0.1, 0.15) is 5.56 Å². The number of halogens is 2. The first-order valence-electron chi connectivity index (χ1n) is 3.46. The fraction of sp³-hybridized carbons (Fsp3) is 0. The Kier molecular flexibility index (Phi) is 3.35. The number of hydrogen-bond donors (Lipinski definition) is 1. The van der Waals surface area contributed by atoms with Crippen molar-refractivity contribution in [3.05, 3.63) is 39.3 Å². The highest BCUT2D eigenvalue weighted by Gasteiger charge is 2.02. The molecule has 0 aliphatic rings. The molecule has 13 heavy (non-hydrogen) atoms. The molecule has 0 amide bonds. The van der Waals surface area contributed by atoms with Crippen LogP contribution in [0.5, 0.6) is 0 Å². The van der Waals surface area contributed by atoms with Crippen LogP contribution in [0.2, 0.25) is 5.02 Å². The molecule has 0 heterocycles. The normalized spacial score (nSPS) is 11.0. The number of nitrogens with two attached hydrogens (primary N) is 1. The van der Waals surface area contributed by atoms with Crippen molar-refractivity contribution in [2.24, 2.45) is 5.73 Å². The first kappa shape index (κ1) is 10.1. The van der Waals surface area contributed by atoms with Gasteiger partial charge in [-0.05, 0) is 12.1 Å². The maximum atomic E-state index is 8.38. The second kappa shape index (κ2) is 4.31. The lowest BCUT2D eigenvalue weighted by Gasteiger charge is -2.02. The summed E-state index contributed by atoms with van der Waals surface area (Å²) in [5.74, 6) is 0. The van der Waals surface area contributed by atoms with Gasteiger partial charge in [-0.3, -0.25) is 0 Å². The van der Waals surface area contributed by atoms with E-state index in [0.717, 1.165) is 4.47 Å². The summed E-state index contributed by atoms with van der Waals surface area (Å²) in [6.45, 7) is 0. The molecule has 1 rings (SSSR count). The quantitative estimate of drug-likeness (QED) is 0.787. The minimum Gasteiger partial charge on any atom is -0.398 e. The van der Waals surface area contributed by atoms with Crippen LogP contribution < -0.4 is 5.73 Å². The van der Waals surface area contributed by atoms with Crippen LogP contribution in [0.15, 0.2) is 28.7 Å². The van der Waals surface area contributed by atoms with Crippen LogP contribution >= 0.6 is 27.5 Å². The van der Waals surface area contributed by atoms with Gasteiger partial charge in [0.2, 0.25) is 0 Å². The number of nitriles is 1. The molecule has 4 heteroatoms. The molecule has 0 fully saturated rings. The summed E-state index contributed by atoms with van der Waals surface area (Å²) in [4.78, 5) is 0. The Labute approximate surface area is 89.7 Å². The van der Waals surface area contributed by atoms with Crippen LogP contribution in [0.3, 0.4) is 0 Å². The number of nitrogens with zero attached hydrogens (tertiary/aromatic N) is 1. The van der Waals surface area contributed by atoms with Gasteiger partial charge in [-0.25, -0.2) is 0 Å². The molecular formula is C9H6BrClN2. The summed E-state index contributed by atoms with van der Waals surface area (Å²) < 4.78 is 0.881. The Morgan fingerprint density at radius 2 is 2.31 bits per heavy atom. The molecule has 66 valence electrons. The second-order valence-electron chi connectivity index (χ2n) is 2.35. The smallest absolute Gasteiger partial charge is 0.0933 e. The van der Waals surface area contributed by atoms with Gasteiger partial charge in [0.25, 0.3) is 0 Å². The molecule has 0 aliphatic heterocycles. The van der Waals surface area contributed by atoms with Gasteiger partial charge in [0.1, 0.15) is 0 Å². The van der Waals surface area contributed by atoms with Crippen LogP contribution in [-0.4, -0.2) is 0 Å². The molecule has 0 aliphatic carbocycles. The lowest BCUT2D eigenvalue weighted by molar-refractivity contribution is 1.48. The summed E-state index contributed by atoms with van der Waals surface area (Å²) in [6.07, 6.45) is 1.26. The summed E-state index contributed by atoms with van der Waals surface area (Å²) in [5.41, 5.74) is 6.64. The van der Waals surface area contributed by atoms with Crippen LogP contribution in [0.4, 0.5) is 0 Å². The zero-order chi connectivity index (χ0) is 9.84. The minimum atomic E-state index is 0.375. The highest BCUT2D eigenvalue weighted by Crippen LogP contribution is 2.24. The van der Waals surface area contributed by atoms with E-state index in [1.807, 2.05) is 12.1 Å². The van der Waals surface area contributed by atoms with E-state index in [9.17, 15) is 0 Å². The second-order valence-corrected chi connectivity index (χ2v) is 3.68. The topological polar surface area (TPSA) is 49.8 Å². The average molecular weight is 258 g/mol. The van der Waals surface area contributed by atoms with Crippen molar-refractivity contribution in [1.82, 2.24) is 0 Å². The molecule has 0 bridgehead atoms. The maximum absolute atomic E-state index is 8.38. The molecule has 2 N–H and O–H groups in total. The number of rotatable bonds is 1. The Bertz CT molecular complexity index is 393. The van der Waals surface area contributed by atoms with E-state index < -0.39 is 0 Å². The lowest BCUT2D eigenvalue weighted by Crippen LogP contribution is -1.96. The predicted octanol–water partition coefficient (Wildman–Crippen LogP) is 2.93. The van der Waals surface area contributed by atoms with Gasteiger partial charge in [-0.1, -0.05) is 33.6 Å². The fourth-order valence-electron chi connectivity index (χ4n) is 0.871. The Balaban J connectivity index is 3.18. The highest BCUT2D eigenvalue weighted by molar-refractivity contribution is 9.10. The molecule has 0 radical (unpaired) electrons. The van der Waals surface area contributed by atoms with Crippen molar-refractivity contribution < 1.29 is 0 Å². The van der Waals surface area contributed by atoms with E-state index in [-0.39, 0.29) is 0 Å². The fourth-order valence-corrected chi connectivity index (χ4v) is 1.65. The Hall–Kier alpha value is -0.980. The van der Waals surface area contributed by atoms with Crippen molar-refractivity contribution in [3.8, 4) is 6.07 Å². The summed E-state index contributed by atoms with van der Waals surface area (Å²) in [6, 6.07) is 7.16. The largest absolute Gasteiger partial charge is 0.398 e. The average Bonchev–Trinajstić information content (AvgIpc) is 2.04. The number of allylic oxidation sites excluding steroid dienone is 1. The number of benzene rings is 1. The van der Waals surface area contributed by atoms with Crippen molar-refractivity contribution in [1.29, 1.82) is 5.26 Å². The van der Waals surface area contributed by atoms with Gasteiger partial charge in [-0.15, -0.1) is 0 Å². The van der Waals surface area contributed by atoms with Gasteiger partial charge in [-0.2, -0.15) is 5.26 Å².